The SMILES string of the molecule is Cc1nnc(C(CC(=O)O)c2ccccc2Cl)o1. The molecule has 0 amide bonds. The van der Waals surface area contributed by atoms with Gasteiger partial charge in [-0.25, -0.2) is 0 Å². The highest BCUT2D eigenvalue weighted by Gasteiger charge is 2.25. The number of halogens is 1. The van der Waals surface area contributed by atoms with Crippen LogP contribution in [0.2, 0.25) is 5.02 Å². The highest BCUT2D eigenvalue weighted by Crippen LogP contribution is 2.32. The maximum atomic E-state index is 10.9. The number of carbonyl (C=O) groups is 1. The first-order chi connectivity index (χ1) is 8.58. The van der Waals surface area contributed by atoms with Gasteiger partial charge >= 0.3 is 5.97 Å². The van der Waals surface area contributed by atoms with E-state index in [-0.39, 0.29) is 12.3 Å². The smallest absolute Gasteiger partial charge is 0.304 e. The predicted molar refractivity (Wildman–Crippen MR) is 64.6 cm³/mol. The van der Waals surface area contributed by atoms with E-state index in [1.165, 1.54) is 0 Å². The molecule has 0 aliphatic carbocycles. The molecule has 5 nitrogen and oxygen atoms in total. The normalized spacial score (nSPS) is 12.3. The van der Waals surface area contributed by atoms with Crippen LogP contribution in [0.5, 0.6) is 0 Å². The van der Waals surface area contributed by atoms with Crippen molar-refractivity contribution in [1.29, 1.82) is 0 Å². The molecule has 94 valence electrons. The first kappa shape index (κ1) is 12.6. The summed E-state index contributed by atoms with van der Waals surface area (Å²) < 4.78 is 5.31. The van der Waals surface area contributed by atoms with Gasteiger partial charge in [-0.2, -0.15) is 0 Å². The molecule has 2 rings (SSSR count). The Bertz CT molecular complexity index is 568. The Hall–Kier alpha value is -1.88. The molecular weight excluding hydrogens is 256 g/mol. The lowest BCUT2D eigenvalue weighted by Gasteiger charge is -2.12. The zero-order valence-electron chi connectivity index (χ0n) is 9.63. The van der Waals surface area contributed by atoms with E-state index < -0.39 is 11.9 Å². The van der Waals surface area contributed by atoms with Crippen molar-refractivity contribution < 1.29 is 14.3 Å². The number of rotatable bonds is 4. The molecule has 2 aromatic rings. The number of aryl methyl sites for hydroxylation is 1. The molecular formula is C12H11ClN2O3. The van der Waals surface area contributed by atoms with Crippen LogP contribution in [0.15, 0.2) is 28.7 Å². The molecule has 1 atom stereocenters. The fourth-order valence-electron chi connectivity index (χ4n) is 1.72. The molecule has 1 aromatic heterocycles. The average molecular weight is 267 g/mol. The fourth-order valence-corrected chi connectivity index (χ4v) is 1.98. The third-order valence-electron chi connectivity index (χ3n) is 2.50. The van der Waals surface area contributed by atoms with Gasteiger partial charge < -0.3 is 9.52 Å². The second kappa shape index (κ2) is 5.18. The van der Waals surface area contributed by atoms with Crippen molar-refractivity contribution >= 4 is 17.6 Å². The lowest BCUT2D eigenvalue weighted by Crippen LogP contribution is -2.09. The Morgan fingerprint density at radius 3 is 2.72 bits per heavy atom. The van der Waals surface area contributed by atoms with Crippen molar-refractivity contribution in [3.63, 3.8) is 0 Å². The van der Waals surface area contributed by atoms with Gasteiger partial charge in [0.2, 0.25) is 11.8 Å². The summed E-state index contributed by atoms with van der Waals surface area (Å²) in [6, 6.07) is 7.03. The summed E-state index contributed by atoms with van der Waals surface area (Å²) in [6.07, 6.45) is -0.147. The fraction of sp³-hybridized carbons (Fsp3) is 0.250. The van der Waals surface area contributed by atoms with Gasteiger partial charge in [-0.1, -0.05) is 29.8 Å². The second-order valence-electron chi connectivity index (χ2n) is 3.83. The number of carboxylic acids is 1. The second-order valence-corrected chi connectivity index (χ2v) is 4.24. The molecule has 18 heavy (non-hydrogen) atoms. The van der Waals surface area contributed by atoms with E-state index in [2.05, 4.69) is 10.2 Å². The number of aliphatic carboxylic acids is 1. The van der Waals surface area contributed by atoms with Crippen LogP contribution in [-0.2, 0) is 4.79 Å². The van der Waals surface area contributed by atoms with E-state index in [9.17, 15) is 4.79 Å². The maximum absolute atomic E-state index is 10.9. The molecule has 0 aliphatic heterocycles. The Labute approximate surface area is 108 Å². The van der Waals surface area contributed by atoms with Crippen LogP contribution in [0.3, 0.4) is 0 Å². The summed E-state index contributed by atoms with van der Waals surface area (Å²) in [5, 5.41) is 17.1. The molecule has 0 spiro atoms. The Morgan fingerprint density at radius 2 is 2.17 bits per heavy atom. The van der Waals surface area contributed by atoms with Gasteiger partial charge in [0.1, 0.15) is 0 Å². The Kier molecular flexibility index (Phi) is 3.62. The number of hydrogen-bond acceptors (Lipinski definition) is 4. The van der Waals surface area contributed by atoms with Gasteiger partial charge in [0.15, 0.2) is 0 Å². The number of benzene rings is 1. The number of aromatic nitrogens is 2. The van der Waals surface area contributed by atoms with Gasteiger partial charge in [0.25, 0.3) is 0 Å². The minimum Gasteiger partial charge on any atom is -0.481 e. The van der Waals surface area contributed by atoms with Crippen molar-refractivity contribution in [2.45, 2.75) is 19.3 Å². The largest absolute Gasteiger partial charge is 0.481 e. The van der Waals surface area contributed by atoms with Gasteiger partial charge in [-0.05, 0) is 11.6 Å². The highest BCUT2D eigenvalue weighted by atomic mass is 35.5. The van der Waals surface area contributed by atoms with Crippen molar-refractivity contribution in [1.82, 2.24) is 10.2 Å². The summed E-state index contributed by atoms with van der Waals surface area (Å²) in [5.41, 5.74) is 0.671. The van der Waals surface area contributed by atoms with Crippen LogP contribution in [0.4, 0.5) is 0 Å². The van der Waals surface area contributed by atoms with Crippen molar-refractivity contribution in [2.75, 3.05) is 0 Å². The summed E-state index contributed by atoms with van der Waals surface area (Å²) in [6.45, 7) is 1.65. The van der Waals surface area contributed by atoms with E-state index in [4.69, 9.17) is 21.1 Å². The number of nitrogens with zero attached hydrogens (tertiary/aromatic N) is 2. The quantitative estimate of drug-likeness (QED) is 0.920. The minimum absolute atomic E-state index is 0.147. The van der Waals surface area contributed by atoms with E-state index in [0.717, 1.165) is 0 Å². The molecule has 1 N–H and O–H groups in total. The molecule has 1 heterocycles. The lowest BCUT2D eigenvalue weighted by molar-refractivity contribution is -0.137. The van der Waals surface area contributed by atoms with Crippen LogP contribution >= 0.6 is 11.6 Å². The van der Waals surface area contributed by atoms with Crippen LogP contribution in [0.25, 0.3) is 0 Å². The van der Waals surface area contributed by atoms with Crippen LogP contribution < -0.4 is 0 Å². The Morgan fingerprint density at radius 1 is 1.44 bits per heavy atom. The van der Waals surface area contributed by atoms with Crippen molar-refractivity contribution in [2.24, 2.45) is 0 Å². The number of hydrogen-bond donors (Lipinski definition) is 1. The van der Waals surface area contributed by atoms with Gasteiger partial charge in [0.05, 0.1) is 12.3 Å². The Balaban J connectivity index is 2.43. The summed E-state index contributed by atoms with van der Waals surface area (Å²) in [7, 11) is 0. The zero-order chi connectivity index (χ0) is 13.1. The molecule has 1 unspecified atom stereocenters. The van der Waals surface area contributed by atoms with E-state index in [0.29, 0.717) is 16.5 Å². The van der Waals surface area contributed by atoms with Gasteiger partial charge in [-0.15, -0.1) is 10.2 Å². The topological polar surface area (TPSA) is 76.2 Å². The highest BCUT2D eigenvalue weighted by molar-refractivity contribution is 6.31. The van der Waals surface area contributed by atoms with Crippen molar-refractivity contribution in [3.8, 4) is 0 Å². The molecule has 0 bridgehead atoms. The molecule has 0 saturated heterocycles. The standard InChI is InChI=1S/C12H11ClN2O3/c1-7-14-15-12(18-7)9(6-11(16)17)8-4-2-3-5-10(8)13/h2-5,9H,6H2,1H3,(H,16,17). The molecule has 0 saturated carbocycles. The van der Waals surface area contributed by atoms with Crippen LogP contribution in [0.1, 0.15) is 29.7 Å². The van der Waals surface area contributed by atoms with E-state index in [1.807, 2.05) is 0 Å². The minimum atomic E-state index is -0.948. The van der Waals surface area contributed by atoms with E-state index >= 15 is 0 Å². The summed E-state index contributed by atoms with van der Waals surface area (Å²) >= 11 is 6.08. The summed E-state index contributed by atoms with van der Waals surface area (Å²) in [4.78, 5) is 10.9. The zero-order valence-corrected chi connectivity index (χ0v) is 10.4. The predicted octanol–water partition coefficient (Wildman–Crippen LogP) is 2.64. The first-order valence-electron chi connectivity index (χ1n) is 5.34. The van der Waals surface area contributed by atoms with Crippen LogP contribution in [0, 0.1) is 6.92 Å². The average Bonchev–Trinajstić information content (AvgIpc) is 2.73. The third kappa shape index (κ3) is 2.68. The van der Waals surface area contributed by atoms with E-state index in [1.54, 1.807) is 31.2 Å². The molecule has 1 aromatic carbocycles. The first-order valence-corrected chi connectivity index (χ1v) is 5.72. The summed E-state index contributed by atoms with van der Waals surface area (Å²) in [5.74, 6) is -0.816. The number of carboxylic acid groups (broad SMARTS) is 1. The lowest BCUT2D eigenvalue weighted by atomic mass is 9.95. The molecule has 0 fully saturated rings. The third-order valence-corrected chi connectivity index (χ3v) is 2.84. The van der Waals surface area contributed by atoms with Gasteiger partial charge in [0, 0.05) is 11.9 Å². The van der Waals surface area contributed by atoms with Crippen LogP contribution in [-0.4, -0.2) is 21.3 Å². The molecule has 0 aliphatic rings. The molecule has 6 heteroatoms. The molecule has 0 radical (unpaired) electrons. The van der Waals surface area contributed by atoms with Crippen molar-refractivity contribution in [3.05, 3.63) is 46.6 Å². The monoisotopic (exact) mass is 266 g/mol. The maximum Gasteiger partial charge on any atom is 0.304 e. The van der Waals surface area contributed by atoms with Gasteiger partial charge in [-0.3, -0.25) is 4.79 Å².